The van der Waals surface area contributed by atoms with Crippen molar-refractivity contribution >= 4 is 54.8 Å². The van der Waals surface area contributed by atoms with Gasteiger partial charge in [0.05, 0.1) is 22.1 Å². The van der Waals surface area contributed by atoms with Crippen molar-refractivity contribution in [3.8, 4) is 22.5 Å². The molecule has 0 amide bonds. The van der Waals surface area contributed by atoms with Gasteiger partial charge in [-0.2, -0.15) is 0 Å². The molecule has 0 saturated carbocycles. The smallest absolute Gasteiger partial charge is 0.0541 e. The van der Waals surface area contributed by atoms with Gasteiger partial charge in [0.1, 0.15) is 0 Å². The highest BCUT2D eigenvalue weighted by atomic mass is 15.0. The Labute approximate surface area is 315 Å². The van der Waals surface area contributed by atoms with Crippen molar-refractivity contribution in [2.45, 2.75) is 27.7 Å². The third kappa shape index (κ3) is 5.33. The molecule has 4 heterocycles. The number of pyridine rings is 1. The molecule has 10 rings (SSSR count). The van der Waals surface area contributed by atoms with E-state index in [0.717, 1.165) is 40.2 Å². The molecule has 0 unspecified atom stereocenters. The van der Waals surface area contributed by atoms with Crippen molar-refractivity contribution in [3.63, 3.8) is 0 Å². The highest BCUT2D eigenvalue weighted by Gasteiger charge is 2.16. The molecule has 260 valence electrons. The van der Waals surface area contributed by atoms with Gasteiger partial charge in [-0.3, -0.25) is 4.98 Å². The topological polar surface area (TPSA) is 34.8 Å². The van der Waals surface area contributed by atoms with Gasteiger partial charge >= 0.3 is 0 Å². The normalized spacial score (nSPS) is 13.1. The Morgan fingerprint density at radius 2 is 0.870 bits per heavy atom. The summed E-state index contributed by atoms with van der Waals surface area (Å²) >= 11 is 0. The third-order valence-electron chi connectivity index (χ3n) is 11.1. The van der Waals surface area contributed by atoms with Crippen LogP contribution in [0, 0.1) is 27.7 Å². The molecule has 1 N–H and O–H groups in total. The minimum Gasteiger partial charge on any atom is -0.386 e. The summed E-state index contributed by atoms with van der Waals surface area (Å²) in [5, 5.41) is 8.71. The molecule has 4 heteroatoms. The largest absolute Gasteiger partial charge is 0.386 e. The first-order chi connectivity index (χ1) is 26.4. The lowest BCUT2D eigenvalue weighted by atomic mass is 9.96. The zero-order chi connectivity index (χ0) is 36.5. The summed E-state index contributed by atoms with van der Waals surface area (Å²) in [6.45, 7) is 9.41. The van der Waals surface area contributed by atoms with Crippen molar-refractivity contribution < 1.29 is 0 Å². The maximum Gasteiger partial charge on any atom is 0.0541 e. The van der Waals surface area contributed by atoms with E-state index in [1.54, 1.807) is 0 Å². The summed E-state index contributed by atoms with van der Waals surface area (Å²) in [5.41, 5.74) is 19.2. The van der Waals surface area contributed by atoms with E-state index in [-0.39, 0.29) is 0 Å². The highest BCUT2D eigenvalue weighted by Crippen LogP contribution is 2.36. The molecule has 1 aliphatic rings. The van der Waals surface area contributed by atoms with Gasteiger partial charge in [0.25, 0.3) is 0 Å². The Morgan fingerprint density at radius 1 is 0.444 bits per heavy atom. The first-order valence-corrected chi connectivity index (χ1v) is 18.7. The van der Waals surface area contributed by atoms with Gasteiger partial charge in [0.15, 0.2) is 0 Å². The molecule has 4 nitrogen and oxygen atoms in total. The van der Waals surface area contributed by atoms with E-state index < -0.39 is 0 Å². The Hall–Kier alpha value is -6.65. The molecule has 0 spiro atoms. The fourth-order valence-corrected chi connectivity index (χ4v) is 8.34. The number of allylic oxidation sites excluding steroid dienone is 2. The zero-order valence-corrected chi connectivity index (χ0v) is 31.0. The van der Waals surface area contributed by atoms with Crippen LogP contribution in [-0.4, -0.2) is 20.7 Å². The summed E-state index contributed by atoms with van der Waals surface area (Å²) in [7, 11) is 0. The molecule has 54 heavy (non-hydrogen) atoms. The lowest BCUT2D eigenvalue weighted by Gasteiger charge is -2.17. The molecule has 0 atom stereocenters. The van der Waals surface area contributed by atoms with Gasteiger partial charge in [-0.1, -0.05) is 70.8 Å². The maximum absolute atomic E-state index is 4.71. The Morgan fingerprint density at radius 3 is 1.33 bits per heavy atom. The standard InChI is InChI=1S/C50H40N4/c1-31-5-17-47-43(21-31)44-22-32(2)6-18-48(44)53(47)41-13-9-35(10-14-41)37-25-39(29-51-27-37)40-26-38(28-52-30-40)36-11-15-42(16-12-36)54-49-19-7-33(3)23-45(49)46-24-34(4)8-20-50(46)54/h5-29,52H,30H2,1-4H3. The molecule has 1 aliphatic heterocycles. The predicted molar refractivity (Wildman–Crippen MR) is 228 cm³/mol. The van der Waals surface area contributed by atoms with Gasteiger partial charge in [0, 0.05) is 63.6 Å². The van der Waals surface area contributed by atoms with Gasteiger partial charge < -0.3 is 14.5 Å². The van der Waals surface area contributed by atoms with Crippen LogP contribution in [0.4, 0.5) is 0 Å². The average molecular weight is 697 g/mol. The minimum absolute atomic E-state index is 0.749. The Balaban J connectivity index is 0.947. The number of hydrogen-bond donors (Lipinski definition) is 1. The Bertz CT molecular complexity index is 2890. The van der Waals surface area contributed by atoms with Crippen molar-refractivity contribution in [2.24, 2.45) is 0 Å². The summed E-state index contributed by atoms with van der Waals surface area (Å²) in [6, 6.07) is 47.1. The minimum atomic E-state index is 0.749. The van der Waals surface area contributed by atoms with Crippen LogP contribution in [0.2, 0.25) is 0 Å². The number of dihydropyridines is 1. The first kappa shape index (κ1) is 32.0. The third-order valence-corrected chi connectivity index (χ3v) is 11.1. The van der Waals surface area contributed by atoms with Crippen LogP contribution in [0.5, 0.6) is 0 Å². The second-order valence-electron chi connectivity index (χ2n) is 15.0. The van der Waals surface area contributed by atoms with Gasteiger partial charge in [0.2, 0.25) is 0 Å². The second kappa shape index (κ2) is 12.5. The summed E-state index contributed by atoms with van der Waals surface area (Å²) in [4.78, 5) is 4.71. The van der Waals surface area contributed by atoms with Crippen molar-refractivity contribution in [3.05, 3.63) is 185 Å². The van der Waals surface area contributed by atoms with Crippen molar-refractivity contribution in [2.75, 3.05) is 6.54 Å². The number of nitrogens with zero attached hydrogens (tertiary/aromatic N) is 3. The van der Waals surface area contributed by atoms with Crippen LogP contribution in [0.3, 0.4) is 0 Å². The van der Waals surface area contributed by atoms with E-state index >= 15 is 0 Å². The number of fused-ring (bicyclic) bond motifs is 6. The van der Waals surface area contributed by atoms with Crippen LogP contribution in [0.1, 0.15) is 33.4 Å². The number of benzene rings is 6. The summed E-state index contributed by atoms with van der Waals surface area (Å²) in [6.07, 6.45) is 8.37. The molecule has 0 saturated heterocycles. The molecule has 0 radical (unpaired) electrons. The van der Waals surface area contributed by atoms with Crippen LogP contribution in [0.25, 0.3) is 77.3 Å². The first-order valence-electron chi connectivity index (χ1n) is 18.7. The van der Waals surface area contributed by atoms with E-state index in [4.69, 9.17) is 4.98 Å². The van der Waals surface area contributed by atoms with Crippen LogP contribution in [-0.2, 0) is 0 Å². The van der Waals surface area contributed by atoms with Crippen LogP contribution in [0.15, 0.2) is 152 Å². The SMILES string of the molecule is Cc1ccc2c(c1)c1cc(C)ccc1n2-c1ccc(C2=CNCC(c3cncc(-c4ccc(-n5c6ccc(C)cc6c6cc(C)ccc65)cc4)c3)=C2)cc1. The van der Waals surface area contributed by atoms with Crippen molar-refractivity contribution in [1.29, 1.82) is 0 Å². The van der Waals surface area contributed by atoms with Crippen LogP contribution >= 0.6 is 0 Å². The molecule has 9 aromatic rings. The monoisotopic (exact) mass is 696 g/mol. The van der Waals surface area contributed by atoms with E-state index in [1.165, 1.54) is 77.0 Å². The van der Waals surface area contributed by atoms with Gasteiger partial charge in [-0.05, 0) is 140 Å². The molecule has 6 aromatic carbocycles. The average Bonchev–Trinajstić information content (AvgIpc) is 3.69. The summed E-state index contributed by atoms with van der Waals surface area (Å²) in [5.74, 6) is 0. The number of aryl methyl sites for hydroxylation is 4. The maximum atomic E-state index is 4.71. The molecular formula is C50H40N4. The van der Waals surface area contributed by atoms with E-state index in [2.05, 4.69) is 182 Å². The fourth-order valence-electron chi connectivity index (χ4n) is 8.34. The van der Waals surface area contributed by atoms with E-state index in [1.807, 2.05) is 12.4 Å². The predicted octanol–water partition coefficient (Wildman–Crippen LogP) is 12.2. The summed E-state index contributed by atoms with van der Waals surface area (Å²) < 4.78 is 4.77. The van der Waals surface area contributed by atoms with E-state index in [0.29, 0.717) is 0 Å². The molecule has 0 fully saturated rings. The van der Waals surface area contributed by atoms with Gasteiger partial charge in [-0.15, -0.1) is 0 Å². The fraction of sp³-hybridized carbons (Fsp3) is 0.100. The lowest BCUT2D eigenvalue weighted by Crippen LogP contribution is -2.14. The zero-order valence-electron chi connectivity index (χ0n) is 31.0. The quantitative estimate of drug-likeness (QED) is 0.194. The van der Waals surface area contributed by atoms with Crippen LogP contribution < -0.4 is 5.32 Å². The number of hydrogen-bond acceptors (Lipinski definition) is 2. The molecular weight excluding hydrogens is 657 g/mol. The van der Waals surface area contributed by atoms with Gasteiger partial charge in [-0.25, -0.2) is 0 Å². The highest BCUT2D eigenvalue weighted by molar-refractivity contribution is 6.10. The van der Waals surface area contributed by atoms with Crippen molar-refractivity contribution in [1.82, 2.24) is 19.4 Å². The van der Waals surface area contributed by atoms with E-state index in [9.17, 15) is 0 Å². The lowest BCUT2D eigenvalue weighted by molar-refractivity contribution is 0.988. The molecule has 0 aliphatic carbocycles. The molecule has 0 bridgehead atoms. The number of rotatable bonds is 5. The Kier molecular flexibility index (Phi) is 7.41. The molecule has 3 aromatic heterocycles. The second-order valence-corrected chi connectivity index (χ2v) is 15.0. The number of aromatic nitrogens is 3. The number of nitrogens with one attached hydrogen (secondary N) is 1.